The Morgan fingerprint density at radius 2 is 1.76 bits per heavy atom. The van der Waals surface area contributed by atoms with Crippen LogP contribution in [0.3, 0.4) is 0 Å². The lowest BCUT2D eigenvalue weighted by Gasteiger charge is -2.14. The molecule has 0 fully saturated rings. The first-order valence-electron chi connectivity index (χ1n) is 8.28. The molecule has 10 heteroatoms. The molecule has 0 aliphatic heterocycles. The van der Waals surface area contributed by atoms with Gasteiger partial charge >= 0.3 is 0 Å². The van der Waals surface area contributed by atoms with Crippen molar-refractivity contribution in [2.45, 2.75) is 4.90 Å². The first-order chi connectivity index (χ1) is 13.7. The van der Waals surface area contributed by atoms with E-state index in [-0.39, 0.29) is 17.3 Å². The molecule has 3 N–H and O–H groups in total. The number of aromatic hydroxyl groups is 1. The standard InChI is InChI=1S/C19H17F2N3O4S/c1-22-15-7-11(3-5-17(15)25)12-8-16(19(28-2)23-10-12)24-29(26,27)18-6-4-13(20)9-14(18)21/h3-10,22,24-25H,1-2H3. The Morgan fingerprint density at radius 1 is 1.03 bits per heavy atom. The van der Waals surface area contributed by atoms with Crippen LogP contribution in [0.5, 0.6) is 11.6 Å². The molecule has 3 aromatic rings. The van der Waals surface area contributed by atoms with Crippen LogP contribution in [0, 0.1) is 11.6 Å². The molecule has 0 unspecified atom stereocenters. The maximum atomic E-state index is 14.0. The van der Waals surface area contributed by atoms with Gasteiger partial charge in [-0.25, -0.2) is 22.2 Å². The van der Waals surface area contributed by atoms with Crippen molar-refractivity contribution in [3.8, 4) is 22.8 Å². The normalized spacial score (nSPS) is 11.2. The number of hydrogen-bond acceptors (Lipinski definition) is 6. The molecule has 0 saturated carbocycles. The molecular weight excluding hydrogens is 404 g/mol. The Bertz CT molecular complexity index is 1170. The van der Waals surface area contributed by atoms with Gasteiger partial charge in [0.15, 0.2) is 0 Å². The summed E-state index contributed by atoms with van der Waals surface area (Å²) < 4.78 is 59.6. The van der Waals surface area contributed by atoms with E-state index in [4.69, 9.17) is 4.74 Å². The average molecular weight is 421 g/mol. The van der Waals surface area contributed by atoms with Gasteiger partial charge in [0.2, 0.25) is 5.88 Å². The summed E-state index contributed by atoms with van der Waals surface area (Å²) in [6, 6.07) is 8.36. The molecule has 3 rings (SSSR count). The number of nitrogens with zero attached hydrogens (tertiary/aromatic N) is 1. The molecule has 29 heavy (non-hydrogen) atoms. The predicted octanol–water partition coefficient (Wildman–Crippen LogP) is 3.58. The summed E-state index contributed by atoms with van der Waals surface area (Å²) in [5.74, 6) is -2.11. The molecule has 7 nitrogen and oxygen atoms in total. The topological polar surface area (TPSA) is 101 Å². The Kier molecular flexibility index (Phi) is 5.55. The van der Waals surface area contributed by atoms with E-state index in [1.165, 1.54) is 25.4 Å². The van der Waals surface area contributed by atoms with E-state index in [2.05, 4.69) is 15.0 Å². The Balaban J connectivity index is 2.04. The minimum absolute atomic E-state index is 0.0344. The van der Waals surface area contributed by atoms with Crippen LogP contribution in [0.4, 0.5) is 20.2 Å². The highest BCUT2D eigenvalue weighted by atomic mass is 32.2. The number of sulfonamides is 1. The predicted molar refractivity (Wildman–Crippen MR) is 105 cm³/mol. The van der Waals surface area contributed by atoms with Crippen LogP contribution < -0.4 is 14.8 Å². The van der Waals surface area contributed by atoms with Gasteiger partial charge in [-0.1, -0.05) is 6.07 Å². The van der Waals surface area contributed by atoms with E-state index in [0.29, 0.717) is 22.9 Å². The van der Waals surface area contributed by atoms with Crippen molar-refractivity contribution in [2.75, 3.05) is 24.2 Å². The summed E-state index contributed by atoms with van der Waals surface area (Å²) in [4.78, 5) is 3.37. The van der Waals surface area contributed by atoms with Crippen molar-refractivity contribution in [3.05, 3.63) is 60.3 Å². The zero-order valence-electron chi connectivity index (χ0n) is 15.4. The number of methoxy groups -OCH3 is 1. The summed E-state index contributed by atoms with van der Waals surface area (Å²) in [7, 11) is -1.43. The van der Waals surface area contributed by atoms with Crippen LogP contribution in [-0.2, 0) is 10.0 Å². The highest BCUT2D eigenvalue weighted by Crippen LogP contribution is 2.33. The quantitative estimate of drug-likeness (QED) is 0.526. The lowest BCUT2D eigenvalue weighted by Crippen LogP contribution is -2.15. The van der Waals surface area contributed by atoms with Crippen LogP contribution in [0.15, 0.2) is 53.6 Å². The minimum Gasteiger partial charge on any atom is -0.506 e. The second-order valence-electron chi connectivity index (χ2n) is 5.94. The van der Waals surface area contributed by atoms with E-state index in [9.17, 15) is 22.3 Å². The van der Waals surface area contributed by atoms with E-state index in [0.717, 1.165) is 12.1 Å². The summed E-state index contributed by atoms with van der Waals surface area (Å²) in [5.41, 5.74) is 1.58. The van der Waals surface area contributed by atoms with Crippen molar-refractivity contribution in [3.63, 3.8) is 0 Å². The number of rotatable bonds is 6. The highest BCUT2D eigenvalue weighted by Gasteiger charge is 2.22. The molecule has 0 saturated heterocycles. The van der Waals surface area contributed by atoms with E-state index >= 15 is 0 Å². The van der Waals surface area contributed by atoms with Crippen molar-refractivity contribution >= 4 is 21.4 Å². The first kappa shape index (κ1) is 20.3. The number of nitrogens with one attached hydrogen (secondary N) is 2. The fourth-order valence-electron chi connectivity index (χ4n) is 2.65. The van der Waals surface area contributed by atoms with Crippen LogP contribution in [0.1, 0.15) is 0 Å². The van der Waals surface area contributed by atoms with Gasteiger partial charge in [-0.3, -0.25) is 4.72 Å². The molecule has 0 radical (unpaired) electrons. The van der Waals surface area contributed by atoms with Gasteiger partial charge < -0.3 is 15.2 Å². The van der Waals surface area contributed by atoms with Crippen molar-refractivity contribution in [1.29, 1.82) is 0 Å². The van der Waals surface area contributed by atoms with E-state index in [1.54, 1.807) is 19.2 Å². The molecule has 1 heterocycles. The third-order valence-electron chi connectivity index (χ3n) is 4.07. The largest absolute Gasteiger partial charge is 0.506 e. The molecular formula is C19H17F2N3O4S. The summed E-state index contributed by atoms with van der Waals surface area (Å²) in [5, 5.41) is 12.6. The fraction of sp³-hybridized carbons (Fsp3) is 0.105. The van der Waals surface area contributed by atoms with E-state index in [1.807, 2.05) is 0 Å². The van der Waals surface area contributed by atoms with Crippen LogP contribution in [-0.4, -0.2) is 32.7 Å². The van der Waals surface area contributed by atoms with Gasteiger partial charge in [0.05, 0.1) is 12.8 Å². The van der Waals surface area contributed by atoms with Gasteiger partial charge in [0.1, 0.15) is 28.0 Å². The first-order valence-corrected chi connectivity index (χ1v) is 9.76. The maximum Gasteiger partial charge on any atom is 0.264 e. The molecule has 0 amide bonds. The molecule has 0 spiro atoms. The molecule has 2 aromatic carbocycles. The van der Waals surface area contributed by atoms with Gasteiger partial charge in [0, 0.05) is 24.9 Å². The average Bonchev–Trinajstić information content (AvgIpc) is 2.67. The lowest BCUT2D eigenvalue weighted by molar-refractivity contribution is 0.400. The lowest BCUT2D eigenvalue weighted by atomic mass is 10.1. The Hall–Kier alpha value is -3.40. The Morgan fingerprint density at radius 3 is 2.41 bits per heavy atom. The van der Waals surface area contributed by atoms with Gasteiger partial charge in [-0.05, 0) is 35.9 Å². The number of pyridine rings is 1. The molecule has 0 aliphatic rings. The molecule has 0 atom stereocenters. The number of benzene rings is 2. The number of phenols is 1. The summed E-state index contributed by atoms with van der Waals surface area (Å²) in [6.07, 6.45) is 1.46. The van der Waals surface area contributed by atoms with Crippen LogP contribution >= 0.6 is 0 Å². The van der Waals surface area contributed by atoms with Crippen molar-refractivity contribution in [1.82, 2.24) is 4.98 Å². The second-order valence-corrected chi connectivity index (χ2v) is 7.59. The number of phenolic OH excluding ortho intramolecular Hbond substituents is 1. The highest BCUT2D eigenvalue weighted by molar-refractivity contribution is 7.92. The van der Waals surface area contributed by atoms with Gasteiger partial charge in [-0.2, -0.15) is 0 Å². The SMILES string of the molecule is CNc1cc(-c2cnc(OC)c(NS(=O)(=O)c3ccc(F)cc3F)c2)ccc1O. The smallest absolute Gasteiger partial charge is 0.264 e. The fourth-order valence-corrected chi connectivity index (χ4v) is 3.76. The Labute approximate surface area is 166 Å². The van der Waals surface area contributed by atoms with Crippen LogP contribution in [0.25, 0.3) is 11.1 Å². The number of halogens is 2. The number of ether oxygens (including phenoxy) is 1. The molecule has 0 bridgehead atoms. The number of hydrogen-bond donors (Lipinski definition) is 3. The summed E-state index contributed by atoms with van der Waals surface area (Å²) in [6.45, 7) is 0. The van der Waals surface area contributed by atoms with Crippen molar-refractivity contribution < 1.29 is 27.0 Å². The van der Waals surface area contributed by atoms with Crippen LogP contribution in [0.2, 0.25) is 0 Å². The third-order valence-corrected chi connectivity index (χ3v) is 5.47. The van der Waals surface area contributed by atoms with E-state index < -0.39 is 26.6 Å². The minimum atomic E-state index is -4.38. The van der Waals surface area contributed by atoms with Gasteiger partial charge in [0.25, 0.3) is 10.0 Å². The zero-order chi connectivity index (χ0) is 21.2. The zero-order valence-corrected chi connectivity index (χ0v) is 16.2. The third kappa shape index (κ3) is 4.21. The van der Waals surface area contributed by atoms with Crippen molar-refractivity contribution in [2.24, 2.45) is 0 Å². The molecule has 0 aliphatic carbocycles. The second kappa shape index (κ2) is 7.92. The monoisotopic (exact) mass is 421 g/mol. The molecule has 1 aromatic heterocycles. The number of anilines is 2. The number of aromatic nitrogens is 1. The van der Waals surface area contributed by atoms with Gasteiger partial charge in [-0.15, -0.1) is 0 Å². The summed E-state index contributed by atoms with van der Waals surface area (Å²) >= 11 is 0. The molecule has 152 valence electrons. The maximum absolute atomic E-state index is 14.0.